The Balaban J connectivity index is 2.27. The monoisotopic (exact) mass is 344 g/mol. The quantitative estimate of drug-likeness (QED) is 0.819. The predicted molar refractivity (Wildman–Crippen MR) is 76.4 cm³/mol. The van der Waals surface area contributed by atoms with E-state index in [-0.39, 0.29) is 11.1 Å². The van der Waals surface area contributed by atoms with E-state index in [4.69, 9.17) is 23.2 Å². The van der Waals surface area contributed by atoms with Gasteiger partial charge in [-0.2, -0.15) is 0 Å². The topological polar surface area (TPSA) is 42.0 Å². The fraction of sp³-hybridized carbons (Fsp3) is 0. The van der Waals surface area contributed by atoms with Crippen molar-refractivity contribution in [2.75, 3.05) is 5.32 Å². The van der Waals surface area contributed by atoms with E-state index >= 15 is 0 Å². The summed E-state index contributed by atoms with van der Waals surface area (Å²) in [6.45, 7) is 0. The van der Waals surface area contributed by atoms with Crippen LogP contribution in [0.3, 0.4) is 0 Å². The zero-order chi connectivity index (χ0) is 13.1. The fourth-order valence-electron chi connectivity index (χ4n) is 1.35. The number of nitrogens with one attached hydrogen (secondary N) is 1. The van der Waals surface area contributed by atoms with Crippen molar-refractivity contribution in [2.24, 2.45) is 0 Å². The molecule has 1 amide bonds. The minimum absolute atomic E-state index is 0.221. The molecule has 0 aliphatic rings. The Bertz CT molecular complexity index is 604. The molecule has 1 aromatic heterocycles. The van der Waals surface area contributed by atoms with Crippen LogP contribution >= 0.6 is 39.1 Å². The molecule has 1 N–H and O–H groups in total. The van der Waals surface area contributed by atoms with Crippen LogP contribution in [-0.4, -0.2) is 10.9 Å². The third-order valence-corrected chi connectivity index (χ3v) is 3.24. The smallest absolute Gasteiger partial charge is 0.257 e. The van der Waals surface area contributed by atoms with Crippen molar-refractivity contribution in [1.82, 2.24) is 4.98 Å². The average molecular weight is 346 g/mol. The molecule has 92 valence electrons. The summed E-state index contributed by atoms with van der Waals surface area (Å²) in [4.78, 5) is 15.9. The van der Waals surface area contributed by atoms with E-state index in [0.29, 0.717) is 16.3 Å². The minimum Gasteiger partial charge on any atom is -0.319 e. The van der Waals surface area contributed by atoms with E-state index in [1.807, 2.05) is 0 Å². The number of pyridine rings is 1. The van der Waals surface area contributed by atoms with Crippen LogP contribution in [-0.2, 0) is 0 Å². The van der Waals surface area contributed by atoms with E-state index in [0.717, 1.165) is 4.47 Å². The number of carbonyl (C=O) groups excluding carboxylic acids is 1. The number of amides is 1. The first-order chi connectivity index (χ1) is 8.58. The van der Waals surface area contributed by atoms with E-state index in [1.54, 1.807) is 36.5 Å². The summed E-state index contributed by atoms with van der Waals surface area (Å²) >= 11 is 15.1. The van der Waals surface area contributed by atoms with Crippen molar-refractivity contribution in [2.45, 2.75) is 0 Å². The molecule has 2 rings (SSSR count). The standard InChI is InChI=1S/C12H7BrCl2N2O/c13-7-5-10(11(15)16-6-7)17-12(18)8-3-1-2-4-9(8)14/h1-6H,(H,17,18). The highest BCUT2D eigenvalue weighted by molar-refractivity contribution is 9.10. The van der Waals surface area contributed by atoms with Gasteiger partial charge in [-0.3, -0.25) is 4.79 Å². The number of carbonyl (C=O) groups is 1. The Hall–Kier alpha value is -1.10. The van der Waals surface area contributed by atoms with Crippen LogP contribution in [0.4, 0.5) is 5.69 Å². The zero-order valence-corrected chi connectivity index (χ0v) is 12.1. The summed E-state index contributed by atoms with van der Waals surface area (Å²) in [5, 5.41) is 3.26. The van der Waals surface area contributed by atoms with Crippen molar-refractivity contribution in [3.05, 3.63) is 56.7 Å². The number of benzene rings is 1. The van der Waals surface area contributed by atoms with Crippen molar-refractivity contribution in [1.29, 1.82) is 0 Å². The van der Waals surface area contributed by atoms with Gasteiger partial charge in [0, 0.05) is 10.7 Å². The lowest BCUT2D eigenvalue weighted by molar-refractivity contribution is 0.102. The van der Waals surface area contributed by atoms with Gasteiger partial charge in [-0.05, 0) is 34.1 Å². The number of rotatable bonds is 2. The molecule has 2 aromatic rings. The maximum atomic E-state index is 12.0. The van der Waals surface area contributed by atoms with Crippen LogP contribution in [0, 0.1) is 0 Å². The molecule has 1 aromatic carbocycles. The maximum absolute atomic E-state index is 12.0. The van der Waals surface area contributed by atoms with Gasteiger partial charge in [-0.25, -0.2) is 4.98 Å². The van der Waals surface area contributed by atoms with E-state index in [2.05, 4.69) is 26.2 Å². The van der Waals surface area contributed by atoms with Gasteiger partial charge in [0.1, 0.15) is 0 Å². The van der Waals surface area contributed by atoms with Crippen LogP contribution in [0.1, 0.15) is 10.4 Å². The maximum Gasteiger partial charge on any atom is 0.257 e. The summed E-state index contributed by atoms with van der Waals surface area (Å²) in [6.07, 6.45) is 1.55. The van der Waals surface area contributed by atoms with Crippen LogP contribution < -0.4 is 5.32 Å². The van der Waals surface area contributed by atoms with Crippen molar-refractivity contribution < 1.29 is 4.79 Å². The summed E-state index contributed by atoms with van der Waals surface area (Å²) in [5.74, 6) is -0.331. The molecule has 0 unspecified atom stereocenters. The first kappa shape index (κ1) is 13.3. The molecular weight excluding hydrogens is 339 g/mol. The molecule has 0 atom stereocenters. The van der Waals surface area contributed by atoms with Gasteiger partial charge in [0.25, 0.3) is 5.91 Å². The molecular formula is C12H7BrCl2N2O. The molecule has 0 aliphatic heterocycles. The fourth-order valence-corrected chi connectivity index (χ4v) is 2.05. The van der Waals surface area contributed by atoms with Crippen molar-refractivity contribution >= 4 is 50.7 Å². The molecule has 0 saturated heterocycles. The van der Waals surface area contributed by atoms with Gasteiger partial charge < -0.3 is 5.32 Å². The van der Waals surface area contributed by atoms with Crippen LogP contribution in [0.25, 0.3) is 0 Å². The molecule has 0 aliphatic carbocycles. The number of halogens is 3. The lowest BCUT2D eigenvalue weighted by atomic mass is 10.2. The summed E-state index contributed by atoms with van der Waals surface area (Å²) in [6, 6.07) is 8.45. The van der Waals surface area contributed by atoms with Crippen LogP contribution in [0.15, 0.2) is 41.0 Å². The lowest BCUT2D eigenvalue weighted by Crippen LogP contribution is -2.13. The molecule has 0 radical (unpaired) electrons. The zero-order valence-electron chi connectivity index (χ0n) is 8.95. The van der Waals surface area contributed by atoms with Gasteiger partial charge in [0.05, 0.1) is 16.3 Å². The second-order valence-electron chi connectivity index (χ2n) is 3.43. The van der Waals surface area contributed by atoms with E-state index in [9.17, 15) is 4.79 Å². The highest BCUT2D eigenvalue weighted by Gasteiger charge is 2.12. The Kier molecular flexibility index (Phi) is 4.22. The molecule has 0 saturated carbocycles. The second kappa shape index (κ2) is 5.69. The van der Waals surface area contributed by atoms with Crippen molar-refractivity contribution in [3.8, 4) is 0 Å². The first-order valence-electron chi connectivity index (χ1n) is 4.95. The molecule has 0 fully saturated rings. The number of nitrogens with zero attached hydrogens (tertiary/aromatic N) is 1. The van der Waals surface area contributed by atoms with E-state index in [1.165, 1.54) is 0 Å². The van der Waals surface area contributed by atoms with Gasteiger partial charge in [-0.15, -0.1) is 0 Å². The molecule has 3 nitrogen and oxygen atoms in total. The Morgan fingerprint density at radius 2 is 2.00 bits per heavy atom. The third-order valence-electron chi connectivity index (χ3n) is 2.17. The summed E-state index contributed by atoms with van der Waals surface area (Å²) in [5.41, 5.74) is 0.811. The third kappa shape index (κ3) is 3.02. The summed E-state index contributed by atoms with van der Waals surface area (Å²) in [7, 11) is 0. The van der Waals surface area contributed by atoms with Crippen molar-refractivity contribution in [3.63, 3.8) is 0 Å². The minimum atomic E-state index is -0.331. The summed E-state index contributed by atoms with van der Waals surface area (Å²) < 4.78 is 0.723. The average Bonchev–Trinajstić information content (AvgIpc) is 2.34. The van der Waals surface area contributed by atoms with E-state index < -0.39 is 0 Å². The highest BCUT2D eigenvalue weighted by Crippen LogP contribution is 2.24. The predicted octanol–water partition coefficient (Wildman–Crippen LogP) is 4.40. The molecule has 0 spiro atoms. The Labute approximate surface area is 122 Å². The number of hydrogen-bond acceptors (Lipinski definition) is 2. The Morgan fingerprint density at radius 3 is 2.72 bits per heavy atom. The number of anilines is 1. The highest BCUT2D eigenvalue weighted by atomic mass is 79.9. The van der Waals surface area contributed by atoms with Gasteiger partial charge in [0.15, 0.2) is 5.15 Å². The lowest BCUT2D eigenvalue weighted by Gasteiger charge is -2.08. The van der Waals surface area contributed by atoms with Gasteiger partial charge in [-0.1, -0.05) is 35.3 Å². The molecule has 6 heteroatoms. The molecule has 18 heavy (non-hydrogen) atoms. The van der Waals surface area contributed by atoms with Gasteiger partial charge >= 0.3 is 0 Å². The number of aromatic nitrogens is 1. The SMILES string of the molecule is O=C(Nc1cc(Br)cnc1Cl)c1ccccc1Cl. The first-order valence-corrected chi connectivity index (χ1v) is 6.50. The normalized spacial score (nSPS) is 10.2. The molecule has 0 bridgehead atoms. The largest absolute Gasteiger partial charge is 0.319 e. The van der Waals surface area contributed by atoms with Crippen LogP contribution in [0.5, 0.6) is 0 Å². The van der Waals surface area contributed by atoms with Gasteiger partial charge in [0.2, 0.25) is 0 Å². The number of hydrogen-bond donors (Lipinski definition) is 1. The molecule has 1 heterocycles. The second-order valence-corrected chi connectivity index (χ2v) is 5.11. The Morgan fingerprint density at radius 1 is 1.28 bits per heavy atom. The van der Waals surface area contributed by atoms with Crippen LogP contribution in [0.2, 0.25) is 10.2 Å².